The number of fused-ring (bicyclic) bond motifs is 1. The van der Waals surface area contributed by atoms with Crippen LogP contribution in [0, 0.1) is 0 Å². The summed E-state index contributed by atoms with van der Waals surface area (Å²) in [5.74, 6) is 0.520. The van der Waals surface area contributed by atoms with E-state index in [1.807, 2.05) is 17.0 Å². The summed E-state index contributed by atoms with van der Waals surface area (Å²) < 4.78 is 10.7. The van der Waals surface area contributed by atoms with Crippen LogP contribution in [0.3, 0.4) is 0 Å². The van der Waals surface area contributed by atoms with E-state index in [0.29, 0.717) is 19.0 Å². The lowest BCUT2D eigenvalue weighted by atomic mass is 9.93. The molecule has 0 spiro atoms. The van der Waals surface area contributed by atoms with E-state index in [9.17, 15) is 9.59 Å². The number of hydrogen-bond acceptors (Lipinski definition) is 4. The fourth-order valence-electron chi connectivity index (χ4n) is 3.66. The Morgan fingerprint density at radius 1 is 1.03 bits per heavy atom. The van der Waals surface area contributed by atoms with Crippen LogP contribution in [0.2, 0.25) is 0 Å². The maximum absolute atomic E-state index is 12.4. The van der Waals surface area contributed by atoms with Gasteiger partial charge in [-0.05, 0) is 71.9 Å². The first-order chi connectivity index (χ1) is 14.9. The molecule has 8 nitrogen and oxygen atoms in total. The zero-order valence-electron chi connectivity index (χ0n) is 19.8. The lowest BCUT2D eigenvalue weighted by Crippen LogP contribution is -2.49. The van der Waals surface area contributed by atoms with Crippen LogP contribution in [0.5, 0.6) is 0 Å². The second-order valence-corrected chi connectivity index (χ2v) is 10.1. The number of guanidine groups is 1. The van der Waals surface area contributed by atoms with Crippen LogP contribution in [0.15, 0.2) is 35.3 Å². The van der Waals surface area contributed by atoms with Crippen LogP contribution in [0.1, 0.15) is 66.0 Å². The summed E-state index contributed by atoms with van der Waals surface area (Å²) >= 11 is 0. The molecule has 0 bridgehead atoms. The summed E-state index contributed by atoms with van der Waals surface area (Å²) in [6.07, 6.45) is 0.311. The fraction of sp³-hybridized carbons (Fsp3) is 0.542. The third-order valence-electron chi connectivity index (χ3n) is 4.99. The maximum atomic E-state index is 12.4. The van der Waals surface area contributed by atoms with Crippen LogP contribution >= 0.6 is 0 Å². The minimum atomic E-state index is -0.749. The van der Waals surface area contributed by atoms with Crippen molar-refractivity contribution in [1.82, 2.24) is 15.2 Å². The molecule has 1 aliphatic heterocycles. The van der Waals surface area contributed by atoms with Gasteiger partial charge in [0, 0.05) is 30.2 Å². The number of likely N-dealkylation sites (tertiary alicyclic amines) is 1. The molecule has 0 aliphatic carbocycles. The molecule has 2 amide bonds. The zero-order chi connectivity index (χ0) is 23.5. The quantitative estimate of drug-likeness (QED) is 0.470. The summed E-state index contributed by atoms with van der Waals surface area (Å²) in [6.45, 7) is 11.9. The van der Waals surface area contributed by atoms with Gasteiger partial charge < -0.3 is 19.4 Å². The van der Waals surface area contributed by atoms with E-state index in [1.165, 1.54) is 11.1 Å². The number of amides is 2. The number of aliphatic imine (C=N–C) groups is 1. The minimum Gasteiger partial charge on any atom is -0.444 e. The number of carbonyl (C=O) groups excluding carboxylic acids is 2. The molecular formula is C24H34N4O4. The summed E-state index contributed by atoms with van der Waals surface area (Å²) in [5, 5.41) is 3.84. The van der Waals surface area contributed by atoms with Crippen LogP contribution in [0.4, 0.5) is 9.59 Å². The van der Waals surface area contributed by atoms with E-state index in [-0.39, 0.29) is 5.96 Å². The molecule has 2 aromatic rings. The predicted octanol–water partition coefficient (Wildman–Crippen LogP) is 5.16. The molecular weight excluding hydrogens is 408 g/mol. The molecule has 32 heavy (non-hydrogen) atoms. The molecule has 1 aromatic carbocycles. The van der Waals surface area contributed by atoms with Crippen molar-refractivity contribution < 1.29 is 19.1 Å². The highest BCUT2D eigenvalue weighted by Gasteiger charge is 2.27. The van der Waals surface area contributed by atoms with Crippen LogP contribution in [0.25, 0.3) is 10.9 Å². The first-order valence-electron chi connectivity index (χ1n) is 11.0. The number of alkyl carbamates (subject to hydrolysis) is 1. The molecule has 8 heteroatoms. The minimum absolute atomic E-state index is 0.156. The molecule has 1 aliphatic rings. The number of nitrogens with one attached hydrogen (secondary N) is 2. The SMILES string of the molecule is CC(C)(C)OC(=O)N=C(NC(=O)OC(C)(C)C)N1CCC(c2cc3ccccc3[nH]2)CC1. The Balaban J connectivity index is 1.71. The largest absolute Gasteiger partial charge is 0.444 e. The number of ether oxygens (including phenoxy) is 2. The lowest BCUT2D eigenvalue weighted by molar-refractivity contribution is 0.0553. The second kappa shape index (κ2) is 9.22. The number of hydrogen-bond donors (Lipinski definition) is 2. The average molecular weight is 443 g/mol. The van der Waals surface area contributed by atoms with Gasteiger partial charge >= 0.3 is 12.2 Å². The Hall–Kier alpha value is -3.03. The predicted molar refractivity (Wildman–Crippen MR) is 125 cm³/mol. The molecule has 0 atom stereocenters. The van der Waals surface area contributed by atoms with Crippen molar-refractivity contribution in [3.63, 3.8) is 0 Å². The maximum Gasteiger partial charge on any atom is 0.437 e. The third-order valence-corrected chi connectivity index (χ3v) is 4.99. The topological polar surface area (TPSA) is 96.0 Å². The Bertz CT molecular complexity index is 956. The van der Waals surface area contributed by atoms with Gasteiger partial charge in [0.1, 0.15) is 11.2 Å². The molecule has 0 saturated carbocycles. The van der Waals surface area contributed by atoms with E-state index < -0.39 is 23.4 Å². The standard InChI is InChI=1S/C24H34N4O4/c1-23(2,3)31-21(29)26-20(27-22(30)32-24(4,5)6)28-13-11-16(12-14-28)19-15-17-9-7-8-10-18(17)25-19/h7-10,15-16,25H,11-14H2,1-6H3,(H,26,27,29,30). The van der Waals surface area contributed by atoms with Gasteiger partial charge in [-0.25, -0.2) is 9.59 Å². The normalized spacial score (nSPS) is 16.2. The lowest BCUT2D eigenvalue weighted by Gasteiger charge is -2.34. The van der Waals surface area contributed by atoms with Gasteiger partial charge in [0.15, 0.2) is 0 Å². The number of benzene rings is 1. The fourth-order valence-corrected chi connectivity index (χ4v) is 3.66. The molecule has 3 rings (SSSR count). The van der Waals surface area contributed by atoms with Crippen molar-refractivity contribution >= 4 is 29.0 Å². The van der Waals surface area contributed by atoms with Gasteiger partial charge in [-0.3, -0.25) is 5.32 Å². The molecule has 1 aromatic heterocycles. The van der Waals surface area contributed by atoms with Crippen LogP contribution in [-0.4, -0.2) is 52.3 Å². The first kappa shape index (κ1) is 23.6. The Labute approximate surface area is 189 Å². The Kier molecular flexibility index (Phi) is 6.81. The summed E-state index contributed by atoms with van der Waals surface area (Å²) in [6, 6.07) is 10.4. The first-order valence-corrected chi connectivity index (χ1v) is 11.0. The highest BCUT2D eigenvalue weighted by molar-refractivity contribution is 5.99. The van der Waals surface area contributed by atoms with Gasteiger partial charge in [-0.2, -0.15) is 0 Å². The van der Waals surface area contributed by atoms with Crippen molar-refractivity contribution in [3.8, 4) is 0 Å². The van der Waals surface area contributed by atoms with Crippen molar-refractivity contribution in [3.05, 3.63) is 36.0 Å². The third kappa shape index (κ3) is 6.73. The van der Waals surface area contributed by atoms with Crippen LogP contribution in [-0.2, 0) is 9.47 Å². The second-order valence-electron chi connectivity index (χ2n) is 10.1. The van der Waals surface area contributed by atoms with Gasteiger partial charge in [-0.1, -0.05) is 18.2 Å². The number of carbonyl (C=O) groups is 2. The number of H-pyrrole nitrogens is 1. The van der Waals surface area contributed by atoms with Crippen molar-refractivity contribution in [2.45, 2.75) is 71.5 Å². The smallest absolute Gasteiger partial charge is 0.437 e. The van der Waals surface area contributed by atoms with E-state index in [0.717, 1.165) is 18.4 Å². The molecule has 2 N–H and O–H groups in total. The molecule has 0 radical (unpaired) electrons. The van der Waals surface area contributed by atoms with Gasteiger partial charge in [0.05, 0.1) is 0 Å². The monoisotopic (exact) mass is 442 g/mol. The van der Waals surface area contributed by atoms with Gasteiger partial charge in [0.25, 0.3) is 0 Å². The number of aromatic nitrogens is 1. The Morgan fingerprint density at radius 3 is 2.25 bits per heavy atom. The highest BCUT2D eigenvalue weighted by Crippen LogP contribution is 2.30. The van der Waals surface area contributed by atoms with Gasteiger partial charge in [-0.15, -0.1) is 4.99 Å². The number of nitrogens with zero attached hydrogens (tertiary/aromatic N) is 2. The van der Waals surface area contributed by atoms with Crippen molar-refractivity contribution in [2.75, 3.05) is 13.1 Å². The number of rotatable bonds is 1. The van der Waals surface area contributed by atoms with Crippen LogP contribution < -0.4 is 5.32 Å². The molecule has 0 unspecified atom stereocenters. The highest BCUT2D eigenvalue weighted by atomic mass is 16.6. The van der Waals surface area contributed by atoms with E-state index >= 15 is 0 Å². The van der Waals surface area contributed by atoms with E-state index in [1.54, 1.807) is 41.5 Å². The van der Waals surface area contributed by atoms with Crippen molar-refractivity contribution in [2.24, 2.45) is 4.99 Å². The van der Waals surface area contributed by atoms with Crippen molar-refractivity contribution in [1.29, 1.82) is 0 Å². The zero-order valence-corrected chi connectivity index (χ0v) is 19.8. The molecule has 2 heterocycles. The van der Waals surface area contributed by atoms with Gasteiger partial charge in [0.2, 0.25) is 5.96 Å². The average Bonchev–Trinajstić information content (AvgIpc) is 3.09. The number of piperidine rings is 1. The molecule has 174 valence electrons. The van der Waals surface area contributed by atoms with E-state index in [2.05, 4.69) is 33.5 Å². The number of para-hydroxylation sites is 1. The number of aromatic amines is 1. The van der Waals surface area contributed by atoms with E-state index in [4.69, 9.17) is 9.47 Å². The summed E-state index contributed by atoms with van der Waals surface area (Å²) in [4.78, 5) is 34.2. The molecule has 1 saturated heterocycles. The Morgan fingerprint density at radius 2 is 1.66 bits per heavy atom. The summed E-state index contributed by atoms with van der Waals surface area (Å²) in [7, 11) is 0. The summed E-state index contributed by atoms with van der Waals surface area (Å²) in [5.41, 5.74) is 0.990. The molecule has 1 fully saturated rings.